The first-order valence-electron chi connectivity index (χ1n) is 6.74. The normalized spacial score (nSPS) is 10.7. The maximum atomic E-state index is 12.0. The molecule has 0 unspecified atom stereocenters. The number of rotatable bonds is 5. The van der Waals surface area contributed by atoms with Crippen LogP contribution in [0.4, 0.5) is 5.82 Å². The number of aryl methyl sites for hydroxylation is 2. The minimum Gasteiger partial charge on any atom is -0.497 e. The molecule has 22 heavy (non-hydrogen) atoms. The second-order valence-corrected chi connectivity index (χ2v) is 4.76. The van der Waals surface area contributed by atoms with E-state index in [1.165, 1.54) is 6.08 Å². The van der Waals surface area contributed by atoms with Gasteiger partial charge in [-0.15, -0.1) is 0 Å². The van der Waals surface area contributed by atoms with E-state index in [1.54, 1.807) is 44.2 Å². The van der Waals surface area contributed by atoms with Crippen molar-refractivity contribution in [3.8, 4) is 11.5 Å². The Bertz CT molecular complexity index is 682. The summed E-state index contributed by atoms with van der Waals surface area (Å²) in [6.07, 6.45) is 3.15. The Morgan fingerprint density at radius 3 is 2.32 bits per heavy atom. The first-order valence-corrected chi connectivity index (χ1v) is 6.74. The molecular formula is C16H19N3O3. The highest BCUT2D eigenvalue weighted by molar-refractivity contribution is 6.01. The second kappa shape index (κ2) is 6.80. The highest BCUT2D eigenvalue weighted by atomic mass is 16.5. The minimum atomic E-state index is -0.232. The zero-order valence-corrected chi connectivity index (χ0v) is 13.1. The van der Waals surface area contributed by atoms with E-state index in [-0.39, 0.29) is 5.91 Å². The fraction of sp³-hybridized carbons (Fsp3) is 0.250. The molecule has 0 bridgehead atoms. The molecule has 0 spiro atoms. The smallest absolute Gasteiger partial charge is 0.249 e. The largest absolute Gasteiger partial charge is 0.497 e. The summed E-state index contributed by atoms with van der Waals surface area (Å²) >= 11 is 0. The van der Waals surface area contributed by atoms with Crippen LogP contribution in [0.15, 0.2) is 30.3 Å². The lowest BCUT2D eigenvalue weighted by molar-refractivity contribution is -0.111. The number of methoxy groups -OCH3 is 2. The zero-order valence-electron chi connectivity index (χ0n) is 13.1. The van der Waals surface area contributed by atoms with Crippen LogP contribution >= 0.6 is 0 Å². The third-order valence-corrected chi connectivity index (χ3v) is 3.05. The molecule has 0 atom stereocenters. The van der Waals surface area contributed by atoms with Crippen molar-refractivity contribution in [3.63, 3.8) is 0 Å². The van der Waals surface area contributed by atoms with Crippen LogP contribution in [0.5, 0.6) is 11.5 Å². The van der Waals surface area contributed by atoms with Crippen molar-refractivity contribution < 1.29 is 14.3 Å². The zero-order chi connectivity index (χ0) is 16.1. The molecule has 1 amide bonds. The van der Waals surface area contributed by atoms with Gasteiger partial charge in [0.05, 0.1) is 19.9 Å². The molecule has 116 valence electrons. The molecule has 1 aromatic carbocycles. The van der Waals surface area contributed by atoms with Gasteiger partial charge in [0.25, 0.3) is 0 Å². The standard InChI is InChI=1S/C16H19N3O3/c1-11-7-15(19(2)18-11)17-16(20)6-5-12-8-13(21-3)10-14(9-12)22-4/h5-10H,1-4H3,(H,17,20)/b6-5+. The molecule has 1 aromatic heterocycles. The molecule has 1 heterocycles. The van der Waals surface area contributed by atoms with Crippen molar-refractivity contribution >= 4 is 17.8 Å². The van der Waals surface area contributed by atoms with Crippen molar-refractivity contribution in [2.45, 2.75) is 6.92 Å². The Kier molecular flexibility index (Phi) is 4.83. The topological polar surface area (TPSA) is 65.4 Å². The van der Waals surface area contributed by atoms with Gasteiger partial charge in [0.15, 0.2) is 0 Å². The molecule has 0 aliphatic carbocycles. The van der Waals surface area contributed by atoms with Crippen molar-refractivity contribution in [3.05, 3.63) is 41.6 Å². The predicted octanol–water partition coefficient (Wildman–Crippen LogP) is 2.40. The molecule has 0 radical (unpaired) electrons. The third-order valence-electron chi connectivity index (χ3n) is 3.05. The van der Waals surface area contributed by atoms with Gasteiger partial charge in [0, 0.05) is 25.3 Å². The van der Waals surface area contributed by atoms with E-state index in [0.29, 0.717) is 17.3 Å². The number of aromatic nitrogens is 2. The molecule has 2 rings (SSSR count). The van der Waals surface area contributed by atoms with Crippen LogP contribution in [0.25, 0.3) is 6.08 Å². The number of anilines is 1. The first-order chi connectivity index (χ1) is 10.5. The summed E-state index contributed by atoms with van der Waals surface area (Å²) in [6.45, 7) is 1.87. The van der Waals surface area contributed by atoms with E-state index in [9.17, 15) is 4.79 Å². The summed E-state index contributed by atoms with van der Waals surface area (Å²) in [7, 11) is 4.94. The molecule has 0 fully saturated rings. The molecule has 0 aliphatic heterocycles. The van der Waals surface area contributed by atoms with Crippen LogP contribution in [-0.4, -0.2) is 29.9 Å². The van der Waals surface area contributed by atoms with Gasteiger partial charge in [-0.1, -0.05) is 0 Å². The van der Waals surface area contributed by atoms with E-state index in [0.717, 1.165) is 11.3 Å². The van der Waals surface area contributed by atoms with Gasteiger partial charge < -0.3 is 14.8 Å². The quantitative estimate of drug-likeness (QED) is 0.861. The predicted molar refractivity (Wildman–Crippen MR) is 85.2 cm³/mol. The summed E-state index contributed by atoms with van der Waals surface area (Å²) in [6, 6.07) is 7.22. The van der Waals surface area contributed by atoms with E-state index in [4.69, 9.17) is 9.47 Å². The van der Waals surface area contributed by atoms with E-state index in [2.05, 4.69) is 10.4 Å². The van der Waals surface area contributed by atoms with Gasteiger partial charge in [-0.05, 0) is 30.7 Å². The number of nitrogens with zero attached hydrogens (tertiary/aromatic N) is 2. The Morgan fingerprint density at radius 1 is 1.18 bits per heavy atom. The number of benzene rings is 1. The molecule has 0 saturated carbocycles. The molecule has 0 aliphatic rings. The first kappa shape index (κ1) is 15.6. The highest BCUT2D eigenvalue weighted by Crippen LogP contribution is 2.23. The lowest BCUT2D eigenvalue weighted by Crippen LogP contribution is -2.11. The monoisotopic (exact) mass is 301 g/mol. The van der Waals surface area contributed by atoms with Crippen LogP contribution in [0.2, 0.25) is 0 Å². The molecule has 1 N–H and O–H groups in total. The van der Waals surface area contributed by atoms with E-state index in [1.807, 2.05) is 19.1 Å². The van der Waals surface area contributed by atoms with Crippen molar-refractivity contribution in [2.75, 3.05) is 19.5 Å². The number of carbonyl (C=O) groups excluding carboxylic acids is 1. The lowest BCUT2D eigenvalue weighted by Gasteiger charge is -2.06. The van der Waals surface area contributed by atoms with Crippen LogP contribution in [0.1, 0.15) is 11.3 Å². The van der Waals surface area contributed by atoms with Gasteiger partial charge in [-0.2, -0.15) is 5.10 Å². The summed E-state index contributed by atoms with van der Waals surface area (Å²) in [5.74, 6) is 1.75. The molecule has 0 saturated heterocycles. The van der Waals surface area contributed by atoms with Gasteiger partial charge in [-0.25, -0.2) is 0 Å². The number of nitrogens with one attached hydrogen (secondary N) is 1. The number of amides is 1. The Hall–Kier alpha value is -2.76. The number of ether oxygens (including phenoxy) is 2. The minimum absolute atomic E-state index is 0.232. The maximum absolute atomic E-state index is 12.0. The lowest BCUT2D eigenvalue weighted by atomic mass is 10.2. The van der Waals surface area contributed by atoms with Crippen molar-refractivity contribution in [2.24, 2.45) is 7.05 Å². The fourth-order valence-corrected chi connectivity index (χ4v) is 1.99. The number of carbonyl (C=O) groups is 1. The molecule has 6 nitrogen and oxygen atoms in total. The Labute approximate surface area is 129 Å². The SMILES string of the molecule is COc1cc(/C=C/C(=O)Nc2cc(C)nn2C)cc(OC)c1. The van der Waals surface area contributed by atoms with Crippen LogP contribution in [0.3, 0.4) is 0 Å². The van der Waals surface area contributed by atoms with Gasteiger partial charge in [0.2, 0.25) is 5.91 Å². The van der Waals surface area contributed by atoms with Crippen molar-refractivity contribution in [1.82, 2.24) is 9.78 Å². The van der Waals surface area contributed by atoms with Gasteiger partial charge >= 0.3 is 0 Å². The molecule has 6 heteroatoms. The van der Waals surface area contributed by atoms with Crippen molar-refractivity contribution in [1.29, 1.82) is 0 Å². The number of hydrogen-bond acceptors (Lipinski definition) is 4. The summed E-state index contributed by atoms with van der Waals surface area (Å²) in [5, 5.41) is 6.94. The molecular weight excluding hydrogens is 282 g/mol. The van der Waals surface area contributed by atoms with Gasteiger partial charge in [-0.3, -0.25) is 9.48 Å². The third kappa shape index (κ3) is 3.88. The van der Waals surface area contributed by atoms with E-state index < -0.39 is 0 Å². The highest BCUT2D eigenvalue weighted by Gasteiger charge is 2.05. The summed E-state index contributed by atoms with van der Waals surface area (Å²) in [5.41, 5.74) is 1.66. The maximum Gasteiger partial charge on any atom is 0.249 e. The Morgan fingerprint density at radius 2 is 1.82 bits per heavy atom. The van der Waals surface area contributed by atoms with Crippen LogP contribution in [-0.2, 0) is 11.8 Å². The summed E-state index contributed by atoms with van der Waals surface area (Å²) in [4.78, 5) is 12.0. The number of hydrogen-bond donors (Lipinski definition) is 1. The van der Waals surface area contributed by atoms with Crippen LogP contribution in [0, 0.1) is 6.92 Å². The average molecular weight is 301 g/mol. The average Bonchev–Trinajstić information content (AvgIpc) is 2.82. The fourth-order valence-electron chi connectivity index (χ4n) is 1.99. The second-order valence-electron chi connectivity index (χ2n) is 4.76. The van der Waals surface area contributed by atoms with E-state index >= 15 is 0 Å². The van der Waals surface area contributed by atoms with Gasteiger partial charge in [0.1, 0.15) is 17.3 Å². The van der Waals surface area contributed by atoms with Crippen LogP contribution < -0.4 is 14.8 Å². The summed E-state index contributed by atoms with van der Waals surface area (Å²) < 4.78 is 12.0. The Balaban J connectivity index is 2.10. The molecule has 2 aromatic rings.